The number of benzene rings is 1. The molecule has 0 heterocycles. The smallest absolute Gasteiger partial charge is 0.240 e. The maximum Gasteiger partial charge on any atom is 0.240 e. The lowest BCUT2D eigenvalue weighted by molar-refractivity contribution is 0.120. The lowest BCUT2D eigenvalue weighted by Crippen LogP contribution is -2.38. The van der Waals surface area contributed by atoms with Crippen LogP contribution in [0, 0.1) is 11.6 Å². The van der Waals surface area contributed by atoms with Gasteiger partial charge in [0.2, 0.25) is 10.0 Å². The Morgan fingerprint density at radius 1 is 1.11 bits per heavy atom. The highest BCUT2D eigenvalue weighted by Crippen LogP contribution is 2.21. The lowest BCUT2D eigenvalue weighted by atomic mass is 9.94. The van der Waals surface area contributed by atoms with Crippen LogP contribution >= 0.6 is 0 Å². The minimum atomic E-state index is -3.85. The van der Waals surface area contributed by atoms with Crippen LogP contribution in [-0.2, 0) is 10.0 Å². The Kier molecular flexibility index (Phi) is 4.17. The summed E-state index contributed by atoms with van der Waals surface area (Å²) >= 11 is 0. The fourth-order valence-electron chi connectivity index (χ4n) is 2.13. The molecule has 1 aliphatic rings. The van der Waals surface area contributed by atoms with Crippen LogP contribution in [0.3, 0.4) is 0 Å². The third kappa shape index (κ3) is 3.49. The van der Waals surface area contributed by atoms with E-state index in [1.54, 1.807) is 0 Å². The van der Waals surface area contributed by atoms with E-state index in [4.69, 9.17) is 0 Å². The number of aliphatic hydroxyl groups excluding tert-OH is 1. The Morgan fingerprint density at radius 3 is 2.32 bits per heavy atom. The fraction of sp³-hybridized carbons (Fsp3) is 0.500. The van der Waals surface area contributed by atoms with Gasteiger partial charge in [0.05, 0.1) is 11.0 Å². The molecule has 1 saturated carbocycles. The van der Waals surface area contributed by atoms with Crippen molar-refractivity contribution in [2.75, 3.05) is 0 Å². The SMILES string of the molecule is O=S(=O)(NC1CCC(O)CC1)c1ccc(F)c(F)c1. The molecule has 4 nitrogen and oxygen atoms in total. The van der Waals surface area contributed by atoms with Gasteiger partial charge in [0.15, 0.2) is 11.6 Å². The van der Waals surface area contributed by atoms with Crippen LogP contribution in [0.25, 0.3) is 0 Å². The number of nitrogens with one attached hydrogen (secondary N) is 1. The van der Waals surface area contributed by atoms with Crippen LogP contribution in [0.5, 0.6) is 0 Å². The molecule has 106 valence electrons. The Morgan fingerprint density at radius 2 is 1.74 bits per heavy atom. The summed E-state index contributed by atoms with van der Waals surface area (Å²) in [7, 11) is -3.85. The van der Waals surface area contributed by atoms with Crippen LogP contribution in [0.2, 0.25) is 0 Å². The number of aliphatic hydroxyl groups is 1. The van der Waals surface area contributed by atoms with Gasteiger partial charge in [0, 0.05) is 6.04 Å². The summed E-state index contributed by atoms with van der Waals surface area (Å²) < 4.78 is 52.2. The lowest BCUT2D eigenvalue weighted by Gasteiger charge is -2.25. The summed E-state index contributed by atoms with van der Waals surface area (Å²) in [5.74, 6) is -2.28. The number of rotatable bonds is 3. The molecule has 0 radical (unpaired) electrons. The van der Waals surface area contributed by atoms with Crippen molar-refractivity contribution in [3.05, 3.63) is 29.8 Å². The first-order valence-corrected chi connectivity index (χ1v) is 7.52. The first-order chi connectivity index (χ1) is 8.88. The third-order valence-electron chi connectivity index (χ3n) is 3.22. The van der Waals surface area contributed by atoms with Gasteiger partial charge in [-0.05, 0) is 43.9 Å². The van der Waals surface area contributed by atoms with Crippen molar-refractivity contribution in [3.8, 4) is 0 Å². The second-order valence-electron chi connectivity index (χ2n) is 4.70. The predicted octanol–water partition coefficient (Wildman–Crippen LogP) is 1.55. The fourth-order valence-corrected chi connectivity index (χ4v) is 3.44. The molecule has 0 aliphatic heterocycles. The van der Waals surface area contributed by atoms with Crippen molar-refractivity contribution in [1.82, 2.24) is 4.72 Å². The Hall–Kier alpha value is -1.05. The third-order valence-corrected chi connectivity index (χ3v) is 4.74. The monoisotopic (exact) mass is 291 g/mol. The molecule has 19 heavy (non-hydrogen) atoms. The molecule has 0 bridgehead atoms. The molecule has 0 unspecified atom stereocenters. The van der Waals surface area contributed by atoms with Crippen molar-refractivity contribution in [2.45, 2.75) is 42.7 Å². The molecule has 0 amide bonds. The average Bonchev–Trinajstić information content (AvgIpc) is 2.35. The van der Waals surface area contributed by atoms with Gasteiger partial charge in [-0.15, -0.1) is 0 Å². The molecule has 1 aromatic carbocycles. The van der Waals surface area contributed by atoms with E-state index in [1.807, 2.05) is 0 Å². The summed E-state index contributed by atoms with van der Waals surface area (Å²) in [6.07, 6.45) is 1.74. The van der Waals surface area contributed by atoms with Crippen molar-refractivity contribution in [3.63, 3.8) is 0 Å². The van der Waals surface area contributed by atoms with E-state index in [0.29, 0.717) is 31.7 Å². The van der Waals surface area contributed by atoms with Gasteiger partial charge in [-0.3, -0.25) is 0 Å². The second kappa shape index (κ2) is 5.52. The summed E-state index contributed by atoms with van der Waals surface area (Å²) in [5.41, 5.74) is 0. The molecular formula is C12H15F2NO3S. The minimum Gasteiger partial charge on any atom is -0.393 e. The molecule has 7 heteroatoms. The Labute approximate surface area is 110 Å². The van der Waals surface area contributed by atoms with Gasteiger partial charge in [-0.25, -0.2) is 21.9 Å². The van der Waals surface area contributed by atoms with E-state index in [1.165, 1.54) is 0 Å². The van der Waals surface area contributed by atoms with Crippen LogP contribution in [0.15, 0.2) is 23.1 Å². The molecule has 2 rings (SSSR count). The van der Waals surface area contributed by atoms with E-state index < -0.39 is 21.7 Å². The molecule has 1 aromatic rings. The van der Waals surface area contributed by atoms with Crippen molar-refractivity contribution >= 4 is 10.0 Å². The molecule has 0 aromatic heterocycles. The first kappa shape index (κ1) is 14.4. The Bertz CT molecular complexity index is 554. The number of hydrogen-bond acceptors (Lipinski definition) is 3. The van der Waals surface area contributed by atoms with Crippen molar-refractivity contribution < 1.29 is 22.3 Å². The summed E-state index contributed by atoms with van der Waals surface area (Å²) in [4.78, 5) is -0.294. The average molecular weight is 291 g/mol. The summed E-state index contributed by atoms with van der Waals surface area (Å²) in [6, 6.07) is 2.20. The van der Waals surface area contributed by atoms with Crippen LogP contribution in [0.4, 0.5) is 8.78 Å². The highest BCUT2D eigenvalue weighted by atomic mass is 32.2. The van der Waals surface area contributed by atoms with Gasteiger partial charge < -0.3 is 5.11 Å². The van der Waals surface area contributed by atoms with Crippen molar-refractivity contribution in [2.24, 2.45) is 0 Å². The molecule has 0 spiro atoms. The topological polar surface area (TPSA) is 66.4 Å². The highest BCUT2D eigenvalue weighted by molar-refractivity contribution is 7.89. The van der Waals surface area contributed by atoms with Crippen LogP contribution in [0.1, 0.15) is 25.7 Å². The summed E-state index contributed by atoms with van der Waals surface area (Å²) in [5, 5.41) is 9.34. The molecule has 1 fully saturated rings. The quantitative estimate of drug-likeness (QED) is 0.888. The molecule has 0 atom stereocenters. The van der Waals surface area contributed by atoms with Gasteiger partial charge >= 0.3 is 0 Å². The van der Waals surface area contributed by atoms with Gasteiger partial charge in [0.25, 0.3) is 0 Å². The van der Waals surface area contributed by atoms with E-state index in [-0.39, 0.29) is 17.0 Å². The maximum atomic E-state index is 13.0. The van der Waals surface area contributed by atoms with E-state index >= 15 is 0 Å². The second-order valence-corrected chi connectivity index (χ2v) is 6.42. The Balaban J connectivity index is 2.11. The van der Waals surface area contributed by atoms with Crippen LogP contribution < -0.4 is 4.72 Å². The first-order valence-electron chi connectivity index (χ1n) is 6.04. The van der Waals surface area contributed by atoms with Crippen molar-refractivity contribution in [1.29, 1.82) is 0 Å². The predicted molar refractivity (Wildman–Crippen MR) is 64.9 cm³/mol. The normalized spacial score (nSPS) is 24.4. The molecule has 0 saturated heterocycles. The van der Waals surface area contributed by atoms with Gasteiger partial charge in [-0.2, -0.15) is 0 Å². The van der Waals surface area contributed by atoms with Gasteiger partial charge in [0.1, 0.15) is 0 Å². The van der Waals surface area contributed by atoms with Crippen LogP contribution in [-0.4, -0.2) is 25.7 Å². The zero-order valence-electron chi connectivity index (χ0n) is 10.1. The standard InChI is InChI=1S/C12H15F2NO3S/c13-11-6-5-10(7-12(11)14)19(17,18)15-8-1-3-9(16)4-2-8/h5-9,15-16H,1-4H2. The highest BCUT2D eigenvalue weighted by Gasteiger charge is 2.25. The molecule has 2 N–H and O–H groups in total. The minimum absolute atomic E-state index is 0.276. The number of hydrogen-bond donors (Lipinski definition) is 2. The van der Waals surface area contributed by atoms with E-state index in [0.717, 1.165) is 12.1 Å². The number of halogens is 2. The van der Waals surface area contributed by atoms with E-state index in [9.17, 15) is 22.3 Å². The molecular weight excluding hydrogens is 276 g/mol. The maximum absolute atomic E-state index is 13.0. The summed E-state index contributed by atoms with van der Waals surface area (Å²) in [6.45, 7) is 0. The van der Waals surface area contributed by atoms with Gasteiger partial charge in [-0.1, -0.05) is 0 Å². The van der Waals surface area contributed by atoms with E-state index in [2.05, 4.69) is 4.72 Å². The molecule has 1 aliphatic carbocycles. The number of sulfonamides is 1. The largest absolute Gasteiger partial charge is 0.393 e. The zero-order valence-corrected chi connectivity index (χ0v) is 11.0. The zero-order chi connectivity index (χ0) is 14.0.